The maximum absolute atomic E-state index is 4.55. The lowest BCUT2D eigenvalue weighted by atomic mass is 10.1. The third kappa shape index (κ3) is 3.34. The summed E-state index contributed by atoms with van der Waals surface area (Å²) in [5, 5.41) is 6.76. The van der Waals surface area contributed by atoms with Crippen molar-refractivity contribution in [2.75, 3.05) is 23.3 Å². The Labute approximate surface area is 168 Å². The second-order valence-corrected chi connectivity index (χ2v) is 8.00. The van der Waals surface area contributed by atoms with Gasteiger partial charge in [-0.25, -0.2) is 9.97 Å². The molecule has 1 N–H and O–H groups in total. The Morgan fingerprint density at radius 1 is 0.857 bits per heavy atom. The molecule has 0 atom stereocenters. The van der Waals surface area contributed by atoms with Gasteiger partial charge in [-0.05, 0) is 49.1 Å². The first kappa shape index (κ1) is 17.2. The molecule has 2 aromatic heterocycles. The highest BCUT2D eigenvalue weighted by Crippen LogP contribution is 2.37. The molecule has 3 heterocycles. The van der Waals surface area contributed by atoms with Crippen molar-refractivity contribution in [3.63, 3.8) is 0 Å². The number of hydrogen-bond donors (Lipinski definition) is 1. The zero-order valence-corrected chi connectivity index (χ0v) is 16.5. The highest BCUT2D eigenvalue weighted by molar-refractivity contribution is 7.17. The molecule has 0 spiro atoms. The highest BCUT2D eigenvalue weighted by atomic mass is 32.1. The van der Waals surface area contributed by atoms with Crippen LogP contribution in [0, 0.1) is 0 Å². The van der Waals surface area contributed by atoms with E-state index in [4.69, 9.17) is 0 Å². The monoisotopic (exact) mass is 386 g/mol. The van der Waals surface area contributed by atoms with Crippen LogP contribution in [0.5, 0.6) is 0 Å². The van der Waals surface area contributed by atoms with Crippen LogP contribution in [0.1, 0.15) is 19.3 Å². The van der Waals surface area contributed by atoms with Crippen LogP contribution >= 0.6 is 11.3 Å². The van der Waals surface area contributed by atoms with Crippen LogP contribution in [0.3, 0.4) is 0 Å². The molecule has 0 unspecified atom stereocenters. The molecule has 140 valence electrons. The number of aromatic nitrogens is 2. The minimum absolute atomic E-state index is 0.857. The number of hydrogen-bond acceptors (Lipinski definition) is 5. The molecule has 1 aliphatic heterocycles. The first-order chi connectivity index (χ1) is 13.9. The summed E-state index contributed by atoms with van der Waals surface area (Å²) in [6.45, 7) is 2.32. The van der Waals surface area contributed by atoms with E-state index in [1.54, 1.807) is 17.7 Å². The SMILES string of the molecule is c1ccc(-c2csc3ncnc(Nc4ccc(N5CCCCC5)cc4)c23)cc1. The first-order valence-corrected chi connectivity index (χ1v) is 10.7. The Bertz CT molecular complexity index is 1070. The summed E-state index contributed by atoms with van der Waals surface area (Å²) in [6.07, 6.45) is 5.57. The van der Waals surface area contributed by atoms with E-state index in [9.17, 15) is 0 Å². The zero-order valence-electron chi connectivity index (χ0n) is 15.6. The Hall–Kier alpha value is -2.92. The smallest absolute Gasteiger partial charge is 0.143 e. The van der Waals surface area contributed by atoms with Crippen molar-refractivity contribution >= 4 is 38.7 Å². The summed E-state index contributed by atoms with van der Waals surface area (Å²) in [5.74, 6) is 0.857. The Balaban J connectivity index is 1.46. The average molecular weight is 387 g/mol. The molecule has 0 aliphatic carbocycles. The quantitative estimate of drug-likeness (QED) is 0.461. The molecule has 0 amide bonds. The van der Waals surface area contributed by atoms with Crippen molar-refractivity contribution in [3.8, 4) is 11.1 Å². The summed E-state index contributed by atoms with van der Waals surface area (Å²) >= 11 is 1.66. The lowest BCUT2D eigenvalue weighted by Gasteiger charge is -2.28. The Morgan fingerprint density at radius 3 is 2.43 bits per heavy atom. The molecule has 1 saturated heterocycles. The molecule has 0 saturated carbocycles. The van der Waals surface area contributed by atoms with E-state index in [-0.39, 0.29) is 0 Å². The summed E-state index contributed by atoms with van der Waals surface area (Å²) in [6, 6.07) is 19.1. The normalized spacial score (nSPS) is 14.4. The molecule has 1 aliphatic rings. The number of thiophene rings is 1. The Kier molecular flexibility index (Phi) is 4.67. The molecule has 2 aromatic carbocycles. The van der Waals surface area contributed by atoms with Crippen LogP contribution in [-0.2, 0) is 0 Å². The number of fused-ring (bicyclic) bond motifs is 1. The summed E-state index contributed by atoms with van der Waals surface area (Å²) in [4.78, 5) is 12.5. The van der Waals surface area contributed by atoms with Crippen molar-refractivity contribution in [1.29, 1.82) is 0 Å². The number of piperidine rings is 1. The van der Waals surface area contributed by atoms with Crippen LogP contribution < -0.4 is 10.2 Å². The molecule has 0 bridgehead atoms. The van der Waals surface area contributed by atoms with Crippen LogP contribution in [0.25, 0.3) is 21.3 Å². The lowest BCUT2D eigenvalue weighted by molar-refractivity contribution is 0.578. The molecule has 4 nitrogen and oxygen atoms in total. The van der Waals surface area contributed by atoms with Crippen molar-refractivity contribution in [2.24, 2.45) is 0 Å². The van der Waals surface area contributed by atoms with Gasteiger partial charge in [-0.3, -0.25) is 0 Å². The first-order valence-electron chi connectivity index (χ1n) is 9.78. The van der Waals surface area contributed by atoms with Crippen LogP contribution in [-0.4, -0.2) is 23.1 Å². The maximum Gasteiger partial charge on any atom is 0.143 e. The lowest BCUT2D eigenvalue weighted by Crippen LogP contribution is -2.29. The highest BCUT2D eigenvalue weighted by Gasteiger charge is 2.14. The standard InChI is InChI=1S/C23H22N4S/c1-3-7-17(8-4-1)20-15-28-23-21(20)22(24-16-25-23)26-18-9-11-19(12-10-18)27-13-5-2-6-14-27/h1,3-4,7-12,15-16H,2,5-6,13-14H2,(H,24,25,26). The van der Waals surface area contributed by atoms with Gasteiger partial charge in [0.1, 0.15) is 17.0 Å². The minimum Gasteiger partial charge on any atom is -0.372 e. The van der Waals surface area contributed by atoms with Gasteiger partial charge in [0.2, 0.25) is 0 Å². The fourth-order valence-corrected chi connectivity index (χ4v) is 4.76. The zero-order chi connectivity index (χ0) is 18.8. The van der Waals surface area contributed by atoms with Crippen LogP contribution in [0.4, 0.5) is 17.2 Å². The number of rotatable bonds is 4. The van der Waals surface area contributed by atoms with Gasteiger partial charge < -0.3 is 10.2 Å². The molecule has 5 rings (SSSR count). The van der Waals surface area contributed by atoms with Crippen LogP contribution in [0.2, 0.25) is 0 Å². The average Bonchev–Trinajstić information content (AvgIpc) is 3.21. The van der Waals surface area contributed by atoms with Gasteiger partial charge in [-0.15, -0.1) is 11.3 Å². The second kappa shape index (κ2) is 7.60. The third-order valence-electron chi connectivity index (χ3n) is 5.31. The fourth-order valence-electron chi connectivity index (χ4n) is 3.84. The van der Waals surface area contributed by atoms with Crippen molar-refractivity contribution in [1.82, 2.24) is 9.97 Å². The Morgan fingerprint density at radius 2 is 1.64 bits per heavy atom. The molecule has 1 fully saturated rings. The number of nitrogens with one attached hydrogen (secondary N) is 1. The van der Waals surface area contributed by atoms with Gasteiger partial charge in [0.15, 0.2) is 0 Å². The molecule has 0 radical (unpaired) electrons. The summed E-state index contributed by atoms with van der Waals surface area (Å²) in [5.41, 5.74) is 4.71. The van der Waals surface area contributed by atoms with E-state index in [0.717, 1.165) is 34.8 Å². The van der Waals surface area contributed by atoms with Gasteiger partial charge >= 0.3 is 0 Å². The predicted octanol–water partition coefficient (Wildman–Crippen LogP) is 6.09. The fraction of sp³-hybridized carbons (Fsp3) is 0.217. The van der Waals surface area contributed by atoms with Gasteiger partial charge in [-0.1, -0.05) is 30.3 Å². The minimum atomic E-state index is 0.857. The van der Waals surface area contributed by atoms with Gasteiger partial charge in [0.05, 0.1) is 5.39 Å². The van der Waals surface area contributed by atoms with Crippen molar-refractivity contribution < 1.29 is 0 Å². The molecule has 28 heavy (non-hydrogen) atoms. The third-order valence-corrected chi connectivity index (χ3v) is 6.19. The van der Waals surface area contributed by atoms with Gasteiger partial charge in [0.25, 0.3) is 0 Å². The summed E-state index contributed by atoms with van der Waals surface area (Å²) in [7, 11) is 0. The van der Waals surface area contributed by atoms with E-state index in [0.29, 0.717) is 0 Å². The van der Waals surface area contributed by atoms with Crippen molar-refractivity contribution in [2.45, 2.75) is 19.3 Å². The van der Waals surface area contributed by atoms with E-state index >= 15 is 0 Å². The van der Waals surface area contributed by atoms with E-state index in [1.807, 2.05) is 6.07 Å². The maximum atomic E-state index is 4.55. The van der Waals surface area contributed by atoms with Gasteiger partial charge in [-0.2, -0.15) is 0 Å². The van der Waals surface area contributed by atoms with Crippen LogP contribution in [0.15, 0.2) is 66.3 Å². The largest absolute Gasteiger partial charge is 0.372 e. The number of nitrogens with zero attached hydrogens (tertiary/aromatic N) is 3. The molecular weight excluding hydrogens is 364 g/mol. The molecule has 5 heteroatoms. The predicted molar refractivity (Wildman–Crippen MR) is 119 cm³/mol. The van der Waals surface area contributed by atoms with E-state index in [2.05, 4.69) is 74.1 Å². The van der Waals surface area contributed by atoms with Crippen molar-refractivity contribution in [3.05, 3.63) is 66.3 Å². The molecule has 4 aromatic rings. The van der Waals surface area contributed by atoms with E-state index < -0.39 is 0 Å². The number of benzene rings is 2. The topological polar surface area (TPSA) is 41.1 Å². The second-order valence-electron chi connectivity index (χ2n) is 7.14. The summed E-state index contributed by atoms with van der Waals surface area (Å²) < 4.78 is 0. The molecular formula is C23H22N4S. The van der Waals surface area contributed by atoms with Gasteiger partial charge in [0, 0.05) is 35.4 Å². The number of anilines is 3. The van der Waals surface area contributed by atoms with E-state index in [1.165, 1.54) is 36.1 Å².